The van der Waals surface area contributed by atoms with Crippen LogP contribution in [0.1, 0.15) is 16.7 Å². The second-order valence-corrected chi connectivity index (χ2v) is 3.67. The number of rotatable bonds is 3. The molecule has 0 fully saturated rings. The average molecular weight is 224 g/mol. The van der Waals surface area contributed by atoms with Gasteiger partial charge in [-0.25, -0.2) is 4.98 Å². The largest absolute Gasteiger partial charge is 0.365 e. The Bertz CT molecular complexity index is 543. The summed E-state index contributed by atoms with van der Waals surface area (Å²) in [5, 5.41) is 12.2. The van der Waals surface area contributed by atoms with Crippen LogP contribution in [0.4, 0.5) is 5.82 Å². The molecule has 0 atom stereocenters. The number of nitriles is 1. The number of anilines is 1. The molecule has 0 amide bonds. The van der Waals surface area contributed by atoms with Crippen molar-refractivity contribution in [3.63, 3.8) is 0 Å². The summed E-state index contributed by atoms with van der Waals surface area (Å²) in [7, 11) is 0. The Morgan fingerprint density at radius 3 is 2.71 bits per heavy atom. The van der Waals surface area contributed by atoms with Crippen LogP contribution in [0.15, 0.2) is 36.8 Å². The molecule has 2 rings (SSSR count). The lowest BCUT2D eigenvalue weighted by molar-refractivity contribution is 1.09. The highest BCUT2D eigenvalue weighted by Gasteiger charge is 2.05. The SMILES string of the molecule is Cc1ccnc(NCc2ccncc2)c1C#N. The summed E-state index contributed by atoms with van der Waals surface area (Å²) >= 11 is 0. The maximum absolute atomic E-state index is 9.06. The van der Waals surface area contributed by atoms with Crippen LogP contribution >= 0.6 is 0 Å². The van der Waals surface area contributed by atoms with Gasteiger partial charge in [0.2, 0.25) is 0 Å². The molecule has 0 aliphatic rings. The molecule has 0 aromatic carbocycles. The van der Waals surface area contributed by atoms with Crippen molar-refractivity contribution in [1.29, 1.82) is 5.26 Å². The fourth-order valence-corrected chi connectivity index (χ4v) is 1.52. The van der Waals surface area contributed by atoms with E-state index in [1.165, 1.54) is 0 Å². The zero-order chi connectivity index (χ0) is 12.1. The molecular weight excluding hydrogens is 212 g/mol. The summed E-state index contributed by atoms with van der Waals surface area (Å²) in [5.41, 5.74) is 2.63. The van der Waals surface area contributed by atoms with E-state index in [0.717, 1.165) is 11.1 Å². The van der Waals surface area contributed by atoms with Crippen LogP contribution in [0.2, 0.25) is 0 Å². The van der Waals surface area contributed by atoms with Crippen molar-refractivity contribution in [1.82, 2.24) is 9.97 Å². The van der Waals surface area contributed by atoms with E-state index >= 15 is 0 Å². The van der Waals surface area contributed by atoms with E-state index in [1.54, 1.807) is 18.6 Å². The number of hydrogen-bond acceptors (Lipinski definition) is 4. The van der Waals surface area contributed by atoms with Gasteiger partial charge in [-0.15, -0.1) is 0 Å². The Morgan fingerprint density at radius 2 is 2.00 bits per heavy atom. The first-order valence-electron chi connectivity index (χ1n) is 5.29. The topological polar surface area (TPSA) is 61.6 Å². The Labute approximate surface area is 100.0 Å². The maximum atomic E-state index is 9.06. The van der Waals surface area contributed by atoms with E-state index in [2.05, 4.69) is 21.4 Å². The van der Waals surface area contributed by atoms with Crippen molar-refractivity contribution in [2.75, 3.05) is 5.32 Å². The molecule has 0 spiro atoms. The molecule has 0 saturated carbocycles. The van der Waals surface area contributed by atoms with Crippen molar-refractivity contribution in [3.05, 3.63) is 53.5 Å². The third-order valence-corrected chi connectivity index (χ3v) is 2.48. The van der Waals surface area contributed by atoms with Crippen molar-refractivity contribution >= 4 is 5.82 Å². The molecule has 4 heteroatoms. The van der Waals surface area contributed by atoms with Gasteiger partial charge in [-0.05, 0) is 36.2 Å². The van der Waals surface area contributed by atoms with Gasteiger partial charge in [-0.3, -0.25) is 4.98 Å². The quantitative estimate of drug-likeness (QED) is 0.868. The normalized spacial score (nSPS) is 9.65. The lowest BCUT2D eigenvalue weighted by Crippen LogP contribution is -2.04. The number of nitrogens with zero attached hydrogens (tertiary/aromatic N) is 3. The van der Waals surface area contributed by atoms with E-state index in [4.69, 9.17) is 5.26 Å². The summed E-state index contributed by atoms with van der Waals surface area (Å²) in [6, 6.07) is 7.84. The monoisotopic (exact) mass is 224 g/mol. The summed E-state index contributed by atoms with van der Waals surface area (Å²) in [6.45, 7) is 2.53. The van der Waals surface area contributed by atoms with E-state index in [1.807, 2.05) is 25.1 Å². The van der Waals surface area contributed by atoms with Gasteiger partial charge in [0, 0.05) is 25.1 Å². The van der Waals surface area contributed by atoms with Gasteiger partial charge in [0.05, 0.1) is 5.56 Å². The Kier molecular flexibility index (Phi) is 3.31. The summed E-state index contributed by atoms with van der Waals surface area (Å²) in [6.07, 6.45) is 5.18. The molecule has 0 aliphatic carbocycles. The van der Waals surface area contributed by atoms with E-state index in [0.29, 0.717) is 17.9 Å². The van der Waals surface area contributed by atoms with Crippen molar-refractivity contribution in [3.8, 4) is 6.07 Å². The molecule has 17 heavy (non-hydrogen) atoms. The van der Waals surface area contributed by atoms with Gasteiger partial charge in [0.1, 0.15) is 11.9 Å². The van der Waals surface area contributed by atoms with Gasteiger partial charge in [-0.2, -0.15) is 5.26 Å². The molecule has 1 N–H and O–H groups in total. The zero-order valence-corrected chi connectivity index (χ0v) is 9.51. The van der Waals surface area contributed by atoms with E-state index in [9.17, 15) is 0 Å². The molecule has 0 radical (unpaired) electrons. The highest BCUT2D eigenvalue weighted by atomic mass is 15.0. The van der Waals surface area contributed by atoms with Crippen molar-refractivity contribution in [2.45, 2.75) is 13.5 Å². The third-order valence-electron chi connectivity index (χ3n) is 2.48. The molecular formula is C13H12N4. The Hall–Kier alpha value is -2.41. The smallest absolute Gasteiger partial charge is 0.144 e. The maximum Gasteiger partial charge on any atom is 0.144 e. The predicted molar refractivity (Wildman–Crippen MR) is 65.3 cm³/mol. The van der Waals surface area contributed by atoms with Crippen LogP contribution in [0.3, 0.4) is 0 Å². The minimum absolute atomic E-state index is 0.599. The van der Waals surface area contributed by atoms with Gasteiger partial charge >= 0.3 is 0 Å². The number of hydrogen-bond donors (Lipinski definition) is 1. The average Bonchev–Trinajstić information content (AvgIpc) is 2.37. The number of aryl methyl sites for hydroxylation is 1. The van der Waals surface area contributed by atoms with Crippen LogP contribution in [0, 0.1) is 18.3 Å². The van der Waals surface area contributed by atoms with Gasteiger partial charge < -0.3 is 5.32 Å². The predicted octanol–water partition coefficient (Wildman–Crippen LogP) is 2.27. The standard InChI is InChI=1S/C13H12N4/c1-10-2-7-16-13(12(10)8-14)17-9-11-3-5-15-6-4-11/h2-7H,9H2,1H3,(H,16,17). The van der Waals surface area contributed by atoms with Crippen LogP contribution in [-0.4, -0.2) is 9.97 Å². The zero-order valence-electron chi connectivity index (χ0n) is 9.51. The first kappa shape index (κ1) is 11.1. The van der Waals surface area contributed by atoms with Crippen LogP contribution in [0.5, 0.6) is 0 Å². The number of nitrogens with one attached hydrogen (secondary N) is 1. The van der Waals surface area contributed by atoms with Gasteiger partial charge in [-0.1, -0.05) is 0 Å². The lowest BCUT2D eigenvalue weighted by atomic mass is 10.1. The number of aromatic nitrogens is 2. The lowest BCUT2D eigenvalue weighted by Gasteiger charge is -2.08. The van der Waals surface area contributed by atoms with Crippen LogP contribution < -0.4 is 5.32 Å². The third kappa shape index (κ3) is 2.58. The molecule has 0 aliphatic heterocycles. The van der Waals surface area contributed by atoms with E-state index in [-0.39, 0.29) is 0 Å². The second-order valence-electron chi connectivity index (χ2n) is 3.67. The second kappa shape index (κ2) is 5.08. The highest BCUT2D eigenvalue weighted by molar-refractivity contribution is 5.55. The van der Waals surface area contributed by atoms with E-state index < -0.39 is 0 Å². The fraction of sp³-hybridized carbons (Fsp3) is 0.154. The molecule has 84 valence electrons. The minimum atomic E-state index is 0.599. The molecule has 2 aromatic heterocycles. The molecule has 0 bridgehead atoms. The molecule has 0 saturated heterocycles. The summed E-state index contributed by atoms with van der Waals surface area (Å²) < 4.78 is 0. The Balaban J connectivity index is 2.15. The van der Waals surface area contributed by atoms with Crippen LogP contribution in [0.25, 0.3) is 0 Å². The van der Waals surface area contributed by atoms with Gasteiger partial charge in [0.25, 0.3) is 0 Å². The van der Waals surface area contributed by atoms with Crippen molar-refractivity contribution < 1.29 is 0 Å². The molecule has 0 unspecified atom stereocenters. The first-order valence-corrected chi connectivity index (χ1v) is 5.29. The summed E-state index contributed by atoms with van der Waals surface area (Å²) in [5.74, 6) is 0.629. The highest BCUT2D eigenvalue weighted by Crippen LogP contribution is 2.15. The Morgan fingerprint density at radius 1 is 1.24 bits per heavy atom. The fourth-order valence-electron chi connectivity index (χ4n) is 1.52. The molecule has 2 heterocycles. The van der Waals surface area contributed by atoms with Gasteiger partial charge in [0.15, 0.2) is 0 Å². The first-order chi connectivity index (χ1) is 8.31. The summed E-state index contributed by atoms with van der Waals surface area (Å²) in [4.78, 5) is 8.13. The number of pyridine rings is 2. The van der Waals surface area contributed by atoms with Crippen molar-refractivity contribution in [2.24, 2.45) is 0 Å². The molecule has 4 nitrogen and oxygen atoms in total. The molecule has 2 aromatic rings. The van der Waals surface area contributed by atoms with Crippen LogP contribution in [-0.2, 0) is 6.54 Å². The minimum Gasteiger partial charge on any atom is -0.365 e.